The van der Waals surface area contributed by atoms with Crippen LogP contribution in [0.4, 0.5) is 0 Å². The highest BCUT2D eigenvalue weighted by Gasteiger charge is 2.35. The van der Waals surface area contributed by atoms with Crippen LogP contribution in [0.15, 0.2) is 24.3 Å². The number of aliphatic carboxylic acids is 1. The Morgan fingerprint density at radius 2 is 1.96 bits per heavy atom. The van der Waals surface area contributed by atoms with Gasteiger partial charge < -0.3 is 15.3 Å². The Morgan fingerprint density at radius 3 is 2.59 bits per heavy atom. The lowest BCUT2D eigenvalue weighted by Crippen LogP contribution is -2.37. The zero-order valence-electron chi connectivity index (χ0n) is 16.5. The van der Waals surface area contributed by atoms with E-state index in [9.17, 15) is 15.0 Å². The van der Waals surface area contributed by atoms with E-state index in [1.54, 1.807) is 0 Å². The maximum Gasteiger partial charge on any atom is 0.364 e. The number of hydrogen-bond acceptors (Lipinski definition) is 3. The molecule has 27 heavy (non-hydrogen) atoms. The molecule has 0 aromatic heterocycles. The molecule has 0 heterocycles. The highest BCUT2D eigenvalue weighted by molar-refractivity contribution is 5.74. The Balaban J connectivity index is 1.75. The molecule has 2 rings (SSSR count). The fourth-order valence-electron chi connectivity index (χ4n) is 4.29. The first-order valence-electron chi connectivity index (χ1n) is 10.3. The molecular weight excluding hydrogens is 340 g/mol. The van der Waals surface area contributed by atoms with Gasteiger partial charge in [0.2, 0.25) is 0 Å². The van der Waals surface area contributed by atoms with Crippen molar-refractivity contribution in [3.63, 3.8) is 0 Å². The highest BCUT2D eigenvalue weighted by atomic mass is 16.5. The summed E-state index contributed by atoms with van der Waals surface area (Å²) in [4.78, 5) is 10.7. The van der Waals surface area contributed by atoms with Gasteiger partial charge in [0.1, 0.15) is 0 Å². The quantitative estimate of drug-likeness (QED) is 0.300. The molecule has 0 aromatic rings. The average Bonchev–Trinajstić information content (AvgIpc) is 3.03. The van der Waals surface area contributed by atoms with Crippen molar-refractivity contribution in [2.45, 2.75) is 83.3 Å². The van der Waals surface area contributed by atoms with Crippen molar-refractivity contribution in [3.05, 3.63) is 24.3 Å². The summed E-state index contributed by atoms with van der Waals surface area (Å²) in [5, 5.41) is 27.3. The average molecular weight is 375 g/mol. The van der Waals surface area contributed by atoms with Crippen molar-refractivity contribution in [1.29, 1.82) is 0 Å². The minimum Gasteiger partial charge on any atom is -0.477 e. The van der Waals surface area contributed by atoms with Crippen LogP contribution in [0.5, 0.6) is 0 Å². The third kappa shape index (κ3) is 6.52. The summed E-state index contributed by atoms with van der Waals surface area (Å²) in [6, 6.07) is 0. The summed E-state index contributed by atoms with van der Waals surface area (Å²) in [5.74, 6) is 3.35. The predicted molar refractivity (Wildman–Crippen MR) is 107 cm³/mol. The lowest BCUT2D eigenvalue weighted by Gasteiger charge is -2.40. The van der Waals surface area contributed by atoms with E-state index in [0.717, 1.165) is 19.3 Å². The second-order valence-electron chi connectivity index (χ2n) is 8.31. The minimum absolute atomic E-state index is 0.185. The third-order valence-corrected chi connectivity index (χ3v) is 6.31. The topological polar surface area (TPSA) is 77.8 Å². The van der Waals surface area contributed by atoms with Crippen molar-refractivity contribution >= 4 is 5.97 Å². The smallest absolute Gasteiger partial charge is 0.364 e. The molecule has 150 valence electrons. The Labute approximate surface area is 163 Å². The van der Waals surface area contributed by atoms with Gasteiger partial charge in [-0.25, -0.2) is 4.79 Å². The molecule has 0 unspecified atom stereocenters. The zero-order chi connectivity index (χ0) is 19.8. The monoisotopic (exact) mass is 374 g/mol. The van der Waals surface area contributed by atoms with Gasteiger partial charge in [0, 0.05) is 12.8 Å². The number of hydrogen-bond donors (Lipinski definition) is 3. The third-order valence-electron chi connectivity index (χ3n) is 6.31. The van der Waals surface area contributed by atoms with Crippen LogP contribution >= 0.6 is 0 Å². The van der Waals surface area contributed by atoms with Crippen molar-refractivity contribution in [2.75, 3.05) is 0 Å². The molecule has 0 bridgehead atoms. The van der Waals surface area contributed by atoms with Crippen LogP contribution in [0.3, 0.4) is 0 Å². The molecule has 3 N–H and O–H groups in total. The SMILES string of the molecule is CC#CCC1(C/C=C/[C@H]2CCC[C@@H]2C/C=C\CCC(O)(O)C(=O)O)CCC1. The van der Waals surface area contributed by atoms with Gasteiger partial charge in [0.25, 0.3) is 5.79 Å². The first kappa shape index (κ1) is 21.7. The van der Waals surface area contributed by atoms with Crippen LogP contribution in [0, 0.1) is 29.1 Å². The minimum atomic E-state index is -2.62. The molecule has 0 saturated heterocycles. The van der Waals surface area contributed by atoms with E-state index in [4.69, 9.17) is 5.11 Å². The highest BCUT2D eigenvalue weighted by Crippen LogP contribution is 2.47. The number of carboxylic acid groups (broad SMARTS) is 1. The fraction of sp³-hybridized carbons (Fsp3) is 0.696. The van der Waals surface area contributed by atoms with Gasteiger partial charge in [0.15, 0.2) is 0 Å². The Hall–Kier alpha value is -1.57. The molecule has 0 aliphatic heterocycles. The van der Waals surface area contributed by atoms with Crippen LogP contribution in [0.25, 0.3) is 0 Å². The van der Waals surface area contributed by atoms with Crippen molar-refractivity contribution < 1.29 is 20.1 Å². The Morgan fingerprint density at radius 1 is 1.19 bits per heavy atom. The summed E-state index contributed by atoms with van der Waals surface area (Å²) in [5.41, 5.74) is 0.429. The van der Waals surface area contributed by atoms with Crippen molar-refractivity contribution in [2.24, 2.45) is 17.3 Å². The molecule has 4 nitrogen and oxygen atoms in total. The van der Waals surface area contributed by atoms with Crippen LogP contribution in [-0.2, 0) is 4.79 Å². The van der Waals surface area contributed by atoms with Crippen LogP contribution in [-0.4, -0.2) is 27.1 Å². The summed E-state index contributed by atoms with van der Waals surface area (Å²) >= 11 is 0. The molecule has 2 aliphatic rings. The molecule has 0 aromatic carbocycles. The number of carbonyl (C=O) groups is 1. The standard InChI is InChI=1S/C23H34O4/c1-2-3-14-22(16-9-17-22)15-8-13-20-12-7-11-19(20)10-5-4-6-18-23(26,27)21(24)25/h4-5,8,13,19-20,26-27H,6-7,9-12,14-18H2,1H3,(H,24,25)/b5-4-,13-8+/t19-,20+/m0/s1. The molecule has 0 amide bonds. The van der Waals surface area contributed by atoms with Crippen molar-refractivity contribution in [1.82, 2.24) is 0 Å². The maximum atomic E-state index is 10.7. The molecule has 4 heteroatoms. The van der Waals surface area contributed by atoms with Gasteiger partial charge in [-0.3, -0.25) is 0 Å². The molecule has 0 radical (unpaired) electrons. The molecule has 2 atom stereocenters. The number of carboxylic acids is 1. The van der Waals surface area contributed by atoms with Gasteiger partial charge >= 0.3 is 5.97 Å². The normalized spacial score (nSPS) is 24.7. The molecule has 0 spiro atoms. The van der Waals surface area contributed by atoms with E-state index >= 15 is 0 Å². The largest absolute Gasteiger partial charge is 0.477 e. The maximum absolute atomic E-state index is 10.7. The molecule has 2 aliphatic carbocycles. The molecule has 2 fully saturated rings. The van der Waals surface area contributed by atoms with E-state index in [0.29, 0.717) is 23.7 Å². The lowest BCUT2D eigenvalue weighted by molar-refractivity contribution is -0.205. The summed E-state index contributed by atoms with van der Waals surface area (Å²) < 4.78 is 0. The summed E-state index contributed by atoms with van der Waals surface area (Å²) in [6.45, 7) is 1.92. The second-order valence-corrected chi connectivity index (χ2v) is 8.31. The van der Waals surface area contributed by atoms with Gasteiger partial charge in [-0.1, -0.05) is 37.1 Å². The summed E-state index contributed by atoms with van der Waals surface area (Å²) in [7, 11) is 0. The number of rotatable bonds is 10. The Kier molecular flexibility index (Phi) is 8.13. The summed E-state index contributed by atoms with van der Waals surface area (Å²) in [6.07, 6.45) is 19.7. The Bertz CT molecular complexity index is 602. The van der Waals surface area contributed by atoms with E-state index in [2.05, 4.69) is 30.1 Å². The van der Waals surface area contributed by atoms with Crippen LogP contribution in [0.2, 0.25) is 0 Å². The van der Waals surface area contributed by atoms with E-state index in [1.165, 1.54) is 38.5 Å². The van der Waals surface area contributed by atoms with E-state index in [1.807, 2.05) is 13.0 Å². The van der Waals surface area contributed by atoms with Crippen molar-refractivity contribution in [3.8, 4) is 11.8 Å². The van der Waals surface area contributed by atoms with Gasteiger partial charge in [0.05, 0.1) is 0 Å². The lowest BCUT2D eigenvalue weighted by atomic mass is 9.64. The first-order valence-corrected chi connectivity index (χ1v) is 10.3. The van der Waals surface area contributed by atoms with E-state index in [-0.39, 0.29) is 6.42 Å². The van der Waals surface area contributed by atoms with Gasteiger partial charge in [-0.05, 0) is 69.1 Å². The van der Waals surface area contributed by atoms with Crippen LogP contribution < -0.4 is 0 Å². The van der Waals surface area contributed by atoms with E-state index < -0.39 is 11.8 Å². The molecular formula is C23H34O4. The number of allylic oxidation sites excluding steroid dienone is 4. The van der Waals surface area contributed by atoms with Gasteiger partial charge in [-0.15, -0.1) is 11.8 Å². The van der Waals surface area contributed by atoms with Gasteiger partial charge in [-0.2, -0.15) is 0 Å². The zero-order valence-corrected chi connectivity index (χ0v) is 16.5. The fourth-order valence-corrected chi connectivity index (χ4v) is 4.29. The molecule has 2 saturated carbocycles. The van der Waals surface area contributed by atoms with Crippen LogP contribution in [0.1, 0.15) is 77.6 Å². The predicted octanol–water partition coefficient (Wildman–Crippen LogP) is 4.42. The second kappa shape index (κ2) is 10.1. The number of aliphatic hydroxyl groups is 2. The first-order chi connectivity index (χ1) is 12.9.